The predicted molar refractivity (Wildman–Crippen MR) is 90.5 cm³/mol. The molecule has 26 heavy (non-hydrogen) atoms. The highest BCUT2D eigenvalue weighted by molar-refractivity contribution is 7.89. The molecule has 0 bridgehead atoms. The van der Waals surface area contributed by atoms with E-state index in [1.807, 2.05) is 0 Å². The monoisotopic (exact) mass is 380 g/mol. The molecule has 1 aromatic carbocycles. The first-order chi connectivity index (χ1) is 12.6. The van der Waals surface area contributed by atoms with Gasteiger partial charge in [0.2, 0.25) is 10.0 Å². The second-order valence-electron chi connectivity index (χ2n) is 6.16. The number of aromatic nitrogens is 3. The molecule has 2 aromatic rings. The van der Waals surface area contributed by atoms with E-state index in [0.717, 1.165) is 6.42 Å². The van der Waals surface area contributed by atoms with Crippen LogP contribution in [0.3, 0.4) is 0 Å². The highest BCUT2D eigenvalue weighted by atomic mass is 32.2. The molecule has 0 spiro atoms. The Hall–Kier alpha value is -2.17. The number of rotatable bonds is 5. The average molecular weight is 380 g/mol. The molecule has 1 N–H and O–H groups in total. The van der Waals surface area contributed by atoms with Gasteiger partial charge in [0, 0.05) is 19.7 Å². The van der Waals surface area contributed by atoms with E-state index in [9.17, 15) is 8.42 Å². The van der Waals surface area contributed by atoms with Crippen molar-refractivity contribution in [2.75, 3.05) is 20.3 Å². The fourth-order valence-corrected chi connectivity index (χ4v) is 4.39. The third-order valence-electron chi connectivity index (χ3n) is 4.31. The van der Waals surface area contributed by atoms with Crippen LogP contribution in [0.2, 0.25) is 0 Å². The molecule has 10 heteroatoms. The van der Waals surface area contributed by atoms with Crippen molar-refractivity contribution in [3.05, 3.63) is 29.8 Å². The van der Waals surface area contributed by atoms with Gasteiger partial charge in [-0.15, -0.1) is 0 Å². The highest BCUT2D eigenvalue weighted by Gasteiger charge is 2.29. The van der Waals surface area contributed by atoms with Gasteiger partial charge in [-0.25, -0.2) is 22.8 Å². The molecule has 2 aliphatic heterocycles. The predicted octanol–water partition coefficient (Wildman–Crippen LogP) is 1.01. The summed E-state index contributed by atoms with van der Waals surface area (Å²) >= 11 is 0. The second-order valence-corrected chi connectivity index (χ2v) is 7.88. The van der Waals surface area contributed by atoms with E-state index >= 15 is 0 Å². The molecule has 1 aromatic heterocycles. The zero-order valence-corrected chi connectivity index (χ0v) is 15.2. The first-order valence-corrected chi connectivity index (χ1v) is 9.90. The van der Waals surface area contributed by atoms with Crippen LogP contribution in [-0.2, 0) is 27.9 Å². The van der Waals surface area contributed by atoms with E-state index in [-0.39, 0.29) is 4.90 Å². The van der Waals surface area contributed by atoms with Gasteiger partial charge in [0.1, 0.15) is 25.6 Å². The molecule has 0 saturated carbocycles. The summed E-state index contributed by atoms with van der Waals surface area (Å²) in [6.07, 6.45) is 1.48. The van der Waals surface area contributed by atoms with Gasteiger partial charge in [-0.2, -0.15) is 5.10 Å². The molecular formula is C16H20N4O5S. The number of benzene rings is 1. The molecule has 3 heterocycles. The number of nitrogens with one attached hydrogen (secondary N) is 1. The number of hydrogen-bond donors (Lipinski definition) is 1. The molecule has 140 valence electrons. The summed E-state index contributed by atoms with van der Waals surface area (Å²) in [5.41, 5.74) is 0. The summed E-state index contributed by atoms with van der Waals surface area (Å²) in [5.74, 6) is 2.16. The quantitative estimate of drug-likeness (QED) is 0.825. The van der Waals surface area contributed by atoms with Gasteiger partial charge >= 0.3 is 0 Å². The molecule has 2 aliphatic rings. The number of hydrogen-bond acceptors (Lipinski definition) is 7. The standard InChI is InChI=1S/C16H20N4O5S/c1-23-10-15-17-16-12(3-2-6-20(16)18-15)19-26(21,22)11-4-5-13-14(9-11)25-8-7-24-13/h4-5,9,12,19H,2-3,6-8,10H2,1H3. The van der Waals surface area contributed by atoms with E-state index in [0.29, 0.717) is 55.9 Å². The zero-order valence-electron chi connectivity index (χ0n) is 14.3. The Labute approximate surface area is 151 Å². The van der Waals surface area contributed by atoms with Crippen molar-refractivity contribution in [2.24, 2.45) is 0 Å². The summed E-state index contributed by atoms with van der Waals surface area (Å²) < 4.78 is 46.1. The normalized spacial score (nSPS) is 19.2. The number of fused-ring (bicyclic) bond motifs is 2. The van der Waals surface area contributed by atoms with Gasteiger partial charge in [-0.05, 0) is 25.0 Å². The van der Waals surface area contributed by atoms with Gasteiger partial charge in [-0.3, -0.25) is 0 Å². The fourth-order valence-electron chi connectivity index (χ4n) is 3.15. The van der Waals surface area contributed by atoms with Crippen LogP contribution < -0.4 is 14.2 Å². The van der Waals surface area contributed by atoms with Crippen molar-refractivity contribution in [1.82, 2.24) is 19.5 Å². The number of sulfonamides is 1. The second kappa shape index (κ2) is 6.86. The first-order valence-electron chi connectivity index (χ1n) is 8.41. The summed E-state index contributed by atoms with van der Waals surface area (Å²) in [6, 6.07) is 4.18. The summed E-state index contributed by atoms with van der Waals surface area (Å²) in [4.78, 5) is 4.56. The van der Waals surface area contributed by atoms with E-state index < -0.39 is 16.1 Å². The van der Waals surface area contributed by atoms with Crippen LogP contribution in [0.1, 0.15) is 30.5 Å². The Balaban J connectivity index is 1.59. The minimum atomic E-state index is -3.74. The minimum absolute atomic E-state index is 0.135. The maximum atomic E-state index is 12.8. The third kappa shape index (κ3) is 3.27. The van der Waals surface area contributed by atoms with Gasteiger partial charge in [0.05, 0.1) is 10.9 Å². The number of nitrogens with zero attached hydrogens (tertiary/aromatic N) is 3. The van der Waals surface area contributed by atoms with E-state index in [1.165, 1.54) is 12.1 Å². The number of aryl methyl sites for hydroxylation is 1. The maximum absolute atomic E-state index is 12.8. The fraction of sp³-hybridized carbons (Fsp3) is 0.500. The molecule has 4 rings (SSSR count). The summed E-state index contributed by atoms with van der Waals surface area (Å²) in [5, 5.41) is 4.36. The topological polar surface area (TPSA) is 105 Å². The number of methoxy groups -OCH3 is 1. The van der Waals surface area contributed by atoms with Crippen LogP contribution in [0.15, 0.2) is 23.1 Å². The van der Waals surface area contributed by atoms with Gasteiger partial charge in [-0.1, -0.05) is 0 Å². The van der Waals surface area contributed by atoms with Crippen molar-refractivity contribution < 1.29 is 22.6 Å². The maximum Gasteiger partial charge on any atom is 0.241 e. The molecule has 1 atom stereocenters. The molecule has 0 saturated heterocycles. The van der Waals surface area contributed by atoms with Gasteiger partial charge < -0.3 is 14.2 Å². The van der Waals surface area contributed by atoms with E-state index in [2.05, 4.69) is 14.8 Å². The van der Waals surface area contributed by atoms with Gasteiger partial charge in [0.15, 0.2) is 17.3 Å². The zero-order chi connectivity index (χ0) is 18.1. The van der Waals surface area contributed by atoms with E-state index in [1.54, 1.807) is 17.9 Å². The average Bonchev–Trinajstić information content (AvgIpc) is 3.05. The first kappa shape index (κ1) is 17.3. The Bertz CT molecular complexity index is 911. The van der Waals surface area contributed by atoms with Crippen LogP contribution >= 0.6 is 0 Å². The lowest BCUT2D eigenvalue weighted by atomic mass is 10.1. The Morgan fingerprint density at radius 1 is 1.31 bits per heavy atom. The van der Waals surface area contributed by atoms with Crippen LogP contribution in [-0.4, -0.2) is 43.5 Å². The van der Waals surface area contributed by atoms with Crippen LogP contribution in [0, 0.1) is 0 Å². The minimum Gasteiger partial charge on any atom is -0.486 e. The van der Waals surface area contributed by atoms with Crippen LogP contribution in [0.25, 0.3) is 0 Å². The summed E-state index contributed by atoms with van der Waals surface area (Å²) in [6.45, 7) is 1.87. The molecule has 0 aliphatic carbocycles. The van der Waals surface area contributed by atoms with Crippen LogP contribution in [0.4, 0.5) is 0 Å². The Kier molecular flexibility index (Phi) is 4.55. The lowest BCUT2D eigenvalue weighted by molar-refractivity contribution is 0.171. The number of ether oxygens (including phenoxy) is 3. The van der Waals surface area contributed by atoms with Crippen molar-refractivity contribution in [3.8, 4) is 11.5 Å². The molecule has 0 amide bonds. The van der Waals surface area contributed by atoms with E-state index in [4.69, 9.17) is 14.2 Å². The van der Waals surface area contributed by atoms with Crippen molar-refractivity contribution in [3.63, 3.8) is 0 Å². The third-order valence-corrected chi connectivity index (χ3v) is 5.78. The molecule has 0 fully saturated rings. The summed E-state index contributed by atoms with van der Waals surface area (Å²) in [7, 11) is -2.17. The largest absolute Gasteiger partial charge is 0.486 e. The Morgan fingerprint density at radius 2 is 2.12 bits per heavy atom. The van der Waals surface area contributed by atoms with Crippen molar-refractivity contribution >= 4 is 10.0 Å². The lowest BCUT2D eigenvalue weighted by Crippen LogP contribution is -2.33. The molecule has 1 unspecified atom stereocenters. The highest BCUT2D eigenvalue weighted by Crippen LogP contribution is 2.33. The lowest BCUT2D eigenvalue weighted by Gasteiger charge is -2.23. The smallest absolute Gasteiger partial charge is 0.241 e. The Morgan fingerprint density at radius 3 is 2.92 bits per heavy atom. The molecular weight excluding hydrogens is 360 g/mol. The molecule has 0 radical (unpaired) electrons. The van der Waals surface area contributed by atoms with Crippen LogP contribution in [0.5, 0.6) is 11.5 Å². The van der Waals surface area contributed by atoms with Crippen molar-refractivity contribution in [2.45, 2.75) is 36.9 Å². The van der Waals surface area contributed by atoms with Crippen molar-refractivity contribution in [1.29, 1.82) is 0 Å². The SMILES string of the molecule is COCc1nc2n(n1)CCCC2NS(=O)(=O)c1ccc2c(c1)OCCO2. The van der Waals surface area contributed by atoms with Gasteiger partial charge in [0.25, 0.3) is 0 Å². The molecule has 9 nitrogen and oxygen atoms in total.